The zero-order valence-electron chi connectivity index (χ0n) is 17.8. The lowest BCUT2D eigenvalue weighted by Crippen LogP contribution is -2.45. The predicted octanol–water partition coefficient (Wildman–Crippen LogP) is 2.72. The first-order valence-corrected chi connectivity index (χ1v) is 10.4. The van der Waals surface area contributed by atoms with Crippen molar-refractivity contribution in [2.75, 3.05) is 6.61 Å². The number of amides is 2. The fourth-order valence-corrected chi connectivity index (χ4v) is 3.76. The van der Waals surface area contributed by atoms with Gasteiger partial charge < -0.3 is 20.5 Å². The van der Waals surface area contributed by atoms with Crippen LogP contribution in [-0.2, 0) is 16.1 Å². The number of ether oxygens (including phenoxy) is 1. The van der Waals surface area contributed by atoms with Crippen LogP contribution in [0.5, 0.6) is 0 Å². The molecule has 0 radical (unpaired) electrons. The van der Waals surface area contributed by atoms with E-state index < -0.39 is 24.0 Å². The fraction of sp³-hybridized carbons (Fsp3) is 0.208. The van der Waals surface area contributed by atoms with E-state index >= 15 is 0 Å². The molecule has 9 heteroatoms. The molecule has 2 amide bonds. The van der Waals surface area contributed by atoms with Gasteiger partial charge in [0.05, 0.1) is 12.1 Å². The maximum atomic E-state index is 12.3. The van der Waals surface area contributed by atoms with Gasteiger partial charge in [0.25, 0.3) is 0 Å². The smallest absolute Gasteiger partial charge is 0.407 e. The number of nitrogens with zero attached hydrogens (tertiary/aromatic N) is 2. The molecule has 0 fully saturated rings. The number of rotatable bonds is 7. The molecule has 0 saturated carbocycles. The molecule has 1 heterocycles. The summed E-state index contributed by atoms with van der Waals surface area (Å²) in [5.74, 6) is -1.40. The summed E-state index contributed by atoms with van der Waals surface area (Å²) in [6.45, 7) is 1.68. The Hall–Kier alpha value is -4.27. The number of carboxylic acids is 1. The number of carboxylic acid groups (broad SMARTS) is 1. The molecule has 0 bridgehead atoms. The lowest BCUT2D eigenvalue weighted by Gasteiger charge is -2.17. The summed E-state index contributed by atoms with van der Waals surface area (Å²) in [6, 6.07) is 15.2. The van der Waals surface area contributed by atoms with Gasteiger partial charge in [0.2, 0.25) is 5.91 Å². The summed E-state index contributed by atoms with van der Waals surface area (Å²) in [5, 5.41) is 14.0. The largest absolute Gasteiger partial charge is 0.478 e. The highest BCUT2D eigenvalue weighted by atomic mass is 16.5. The quantitative estimate of drug-likeness (QED) is 0.509. The second-order valence-electron chi connectivity index (χ2n) is 7.60. The monoisotopic (exact) mass is 446 g/mol. The second-order valence-corrected chi connectivity index (χ2v) is 7.60. The zero-order valence-corrected chi connectivity index (χ0v) is 17.8. The van der Waals surface area contributed by atoms with Crippen molar-refractivity contribution in [2.45, 2.75) is 25.4 Å². The van der Waals surface area contributed by atoms with Crippen molar-refractivity contribution in [3.8, 4) is 11.1 Å². The van der Waals surface area contributed by atoms with E-state index in [-0.39, 0.29) is 30.5 Å². The molecule has 0 unspecified atom stereocenters. The van der Waals surface area contributed by atoms with Gasteiger partial charge in [0.1, 0.15) is 18.5 Å². The summed E-state index contributed by atoms with van der Waals surface area (Å²) in [6.07, 6.45) is 1.63. The van der Waals surface area contributed by atoms with Gasteiger partial charge in [-0.3, -0.25) is 4.79 Å². The van der Waals surface area contributed by atoms with Crippen molar-refractivity contribution >= 4 is 18.0 Å². The van der Waals surface area contributed by atoms with Crippen molar-refractivity contribution in [3.63, 3.8) is 0 Å². The molecule has 1 aliphatic carbocycles. The average molecular weight is 446 g/mol. The number of aromatic nitrogens is 2. The molecule has 1 aliphatic rings. The van der Waals surface area contributed by atoms with Gasteiger partial charge in [0.15, 0.2) is 0 Å². The maximum absolute atomic E-state index is 12.3. The van der Waals surface area contributed by atoms with E-state index in [0.717, 1.165) is 34.6 Å². The minimum atomic E-state index is -1.13. The van der Waals surface area contributed by atoms with E-state index in [0.29, 0.717) is 0 Å². The van der Waals surface area contributed by atoms with Crippen LogP contribution in [0.1, 0.15) is 40.2 Å². The topological polar surface area (TPSA) is 131 Å². The van der Waals surface area contributed by atoms with Crippen LogP contribution in [0.3, 0.4) is 0 Å². The van der Waals surface area contributed by atoms with Crippen LogP contribution in [0.25, 0.3) is 11.1 Å². The van der Waals surface area contributed by atoms with Crippen LogP contribution in [0, 0.1) is 0 Å². The molecule has 3 N–H and O–H groups in total. The minimum absolute atomic E-state index is 0.00452. The Kier molecular flexibility index (Phi) is 6.30. The van der Waals surface area contributed by atoms with Crippen molar-refractivity contribution in [3.05, 3.63) is 83.4 Å². The molecular weight excluding hydrogens is 424 g/mol. The lowest BCUT2D eigenvalue weighted by molar-refractivity contribution is -0.122. The number of aromatic carboxylic acids is 1. The Labute approximate surface area is 189 Å². The third-order valence-corrected chi connectivity index (χ3v) is 5.44. The molecular formula is C24H22N4O5. The van der Waals surface area contributed by atoms with E-state index in [2.05, 4.69) is 32.7 Å². The first-order valence-electron chi connectivity index (χ1n) is 10.4. The molecule has 3 aromatic rings. The van der Waals surface area contributed by atoms with Gasteiger partial charge in [0, 0.05) is 18.3 Å². The number of carbonyl (C=O) groups excluding carboxylic acids is 2. The number of benzene rings is 2. The Morgan fingerprint density at radius 1 is 1.00 bits per heavy atom. The fourth-order valence-electron chi connectivity index (χ4n) is 3.76. The third kappa shape index (κ3) is 4.82. The minimum Gasteiger partial charge on any atom is -0.478 e. The van der Waals surface area contributed by atoms with E-state index in [9.17, 15) is 14.4 Å². The molecule has 1 atom stereocenters. The highest BCUT2D eigenvalue weighted by Crippen LogP contribution is 2.44. The zero-order chi connectivity index (χ0) is 23.4. The molecule has 9 nitrogen and oxygen atoms in total. The molecule has 0 saturated heterocycles. The van der Waals surface area contributed by atoms with Crippen LogP contribution in [-0.4, -0.2) is 45.7 Å². The van der Waals surface area contributed by atoms with Crippen LogP contribution in [0.4, 0.5) is 4.79 Å². The normalized spacial score (nSPS) is 12.9. The number of alkyl carbamates (subject to hydrolysis) is 1. The van der Waals surface area contributed by atoms with Crippen molar-refractivity contribution in [1.82, 2.24) is 20.6 Å². The molecule has 33 heavy (non-hydrogen) atoms. The number of hydrogen-bond donors (Lipinski definition) is 3. The number of nitrogens with one attached hydrogen (secondary N) is 2. The van der Waals surface area contributed by atoms with Crippen molar-refractivity contribution in [1.29, 1.82) is 0 Å². The van der Waals surface area contributed by atoms with Crippen LogP contribution in [0.15, 0.2) is 60.9 Å². The number of hydrogen-bond acceptors (Lipinski definition) is 6. The number of fused-ring (bicyclic) bond motifs is 3. The first-order chi connectivity index (χ1) is 15.9. The van der Waals surface area contributed by atoms with Gasteiger partial charge in [-0.15, -0.1) is 0 Å². The van der Waals surface area contributed by atoms with Gasteiger partial charge >= 0.3 is 12.1 Å². The summed E-state index contributed by atoms with van der Waals surface area (Å²) in [4.78, 5) is 43.2. The van der Waals surface area contributed by atoms with E-state index in [1.165, 1.54) is 6.92 Å². The first kappa shape index (κ1) is 21.9. The van der Waals surface area contributed by atoms with Crippen molar-refractivity contribution < 1.29 is 24.2 Å². The Balaban J connectivity index is 1.29. The molecule has 168 valence electrons. The second kappa shape index (κ2) is 9.47. The molecule has 1 aromatic heterocycles. The Bertz CT molecular complexity index is 1150. The van der Waals surface area contributed by atoms with E-state index in [4.69, 9.17) is 9.84 Å². The Morgan fingerprint density at radius 3 is 2.15 bits per heavy atom. The van der Waals surface area contributed by atoms with Crippen LogP contribution >= 0.6 is 0 Å². The highest BCUT2D eigenvalue weighted by molar-refractivity contribution is 5.87. The summed E-state index contributed by atoms with van der Waals surface area (Å²) < 4.78 is 5.45. The van der Waals surface area contributed by atoms with Gasteiger partial charge in [-0.2, -0.15) is 0 Å². The predicted molar refractivity (Wildman–Crippen MR) is 119 cm³/mol. The van der Waals surface area contributed by atoms with Crippen LogP contribution < -0.4 is 10.6 Å². The van der Waals surface area contributed by atoms with E-state index in [1.54, 1.807) is 0 Å². The molecule has 4 rings (SSSR count). The maximum Gasteiger partial charge on any atom is 0.407 e. The summed E-state index contributed by atoms with van der Waals surface area (Å²) in [5.41, 5.74) is 4.43. The van der Waals surface area contributed by atoms with Gasteiger partial charge in [-0.05, 0) is 29.2 Å². The molecule has 0 aliphatic heterocycles. The van der Waals surface area contributed by atoms with Crippen LogP contribution in [0.2, 0.25) is 0 Å². The van der Waals surface area contributed by atoms with Gasteiger partial charge in [-0.1, -0.05) is 48.5 Å². The summed E-state index contributed by atoms with van der Waals surface area (Å²) in [7, 11) is 0. The lowest BCUT2D eigenvalue weighted by atomic mass is 9.98. The third-order valence-electron chi connectivity index (χ3n) is 5.44. The SMILES string of the molecule is C[C@@H](NC(=O)OCC1c2ccccc2-c2ccccc21)C(=O)NCc1ncc(C(=O)O)cn1. The van der Waals surface area contributed by atoms with Crippen molar-refractivity contribution in [2.24, 2.45) is 0 Å². The van der Waals surface area contributed by atoms with Gasteiger partial charge in [-0.25, -0.2) is 19.6 Å². The highest BCUT2D eigenvalue weighted by Gasteiger charge is 2.29. The molecule has 2 aromatic carbocycles. The molecule has 0 spiro atoms. The van der Waals surface area contributed by atoms with E-state index in [1.807, 2.05) is 36.4 Å². The number of carbonyl (C=O) groups is 3. The standard InChI is InChI=1S/C24H22N4O5/c1-14(22(29)27-12-21-25-10-15(11-26-21)23(30)31)28-24(32)33-13-20-18-8-4-2-6-16(18)17-7-3-5-9-19(17)20/h2-11,14,20H,12-13H2,1H3,(H,27,29)(H,28,32)(H,30,31)/t14-/m1/s1. The Morgan fingerprint density at radius 2 is 1.58 bits per heavy atom. The average Bonchev–Trinajstić information content (AvgIpc) is 3.15. The summed E-state index contributed by atoms with van der Waals surface area (Å²) >= 11 is 0.